The van der Waals surface area contributed by atoms with E-state index in [1.54, 1.807) is 0 Å². The van der Waals surface area contributed by atoms with Gasteiger partial charge >= 0.3 is 0 Å². The average Bonchev–Trinajstić information content (AvgIpc) is 2.41. The van der Waals surface area contributed by atoms with Crippen molar-refractivity contribution in [1.82, 2.24) is 9.62 Å². The summed E-state index contributed by atoms with van der Waals surface area (Å²) >= 11 is 5.87. The van der Waals surface area contributed by atoms with E-state index in [4.69, 9.17) is 11.6 Å². The Morgan fingerprint density at radius 3 is 2.50 bits per heavy atom. The molecule has 1 aromatic rings. The van der Waals surface area contributed by atoms with Crippen LogP contribution in [0.3, 0.4) is 0 Å². The summed E-state index contributed by atoms with van der Waals surface area (Å²) in [5.41, 5.74) is 0. The molecule has 0 aromatic heterocycles. The van der Waals surface area contributed by atoms with Crippen LogP contribution in [0.1, 0.15) is 12.8 Å². The van der Waals surface area contributed by atoms with Crippen molar-refractivity contribution in [3.8, 4) is 0 Å². The Bertz CT molecular complexity index is 561. The first-order valence-corrected chi connectivity index (χ1v) is 7.89. The number of rotatable bonds is 3. The lowest BCUT2D eigenvalue weighted by molar-refractivity contribution is 0.298. The van der Waals surface area contributed by atoms with E-state index in [9.17, 15) is 12.8 Å². The van der Waals surface area contributed by atoms with Crippen molar-refractivity contribution in [3.63, 3.8) is 0 Å². The number of sulfonamides is 1. The molecular formula is C12H17Cl2FN2O2S. The molecule has 1 aliphatic rings. The van der Waals surface area contributed by atoms with Crippen LogP contribution in [0.4, 0.5) is 4.39 Å². The smallest absolute Gasteiger partial charge is 0.244 e. The van der Waals surface area contributed by atoms with E-state index in [1.807, 2.05) is 7.05 Å². The molecule has 114 valence electrons. The van der Waals surface area contributed by atoms with Gasteiger partial charge < -0.3 is 5.32 Å². The molecule has 1 N–H and O–H groups in total. The fourth-order valence-electron chi connectivity index (χ4n) is 2.20. The molecule has 1 saturated heterocycles. The van der Waals surface area contributed by atoms with Crippen LogP contribution in [-0.4, -0.2) is 38.9 Å². The molecule has 0 radical (unpaired) electrons. The van der Waals surface area contributed by atoms with E-state index in [-0.39, 0.29) is 22.3 Å². The Morgan fingerprint density at radius 2 is 1.95 bits per heavy atom. The van der Waals surface area contributed by atoms with Gasteiger partial charge in [-0.25, -0.2) is 12.8 Å². The number of nitrogens with zero attached hydrogens (tertiary/aromatic N) is 1. The maximum absolute atomic E-state index is 13.2. The second kappa shape index (κ2) is 7.04. The van der Waals surface area contributed by atoms with Crippen molar-refractivity contribution in [2.45, 2.75) is 23.8 Å². The SMILES string of the molecule is CNC1CCN(S(=O)(=O)c2cc(F)ccc2Cl)CC1.Cl. The lowest BCUT2D eigenvalue weighted by Crippen LogP contribution is -2.43. The highest BCUT2D eigenvalue weighted by molar-refractivity contribution is 7.89. The number of halogens is 3. The summed E-state index contributed by atoms with van der Waals surface area (Å²) in [7, 11) is -1.85. The lowest BCUT2D eigenvalue weighted by atomic mass is 10.1. The fraction of sp³-hybridized carbons (Fsp3) is 0.500. The van der Waals surface area contributed by atoms with Gasteiger partial charge in [0.15, 0.2) is 0 Å². The molecule has 0 amide bonds. The summed E-state index contributed by atoms with van der Waals surface area (Å²) in [6.45, 7) is 0.835. The molecule has 1 aliphatic heterocycles. The molecule has 8 heteroatoms. The molecule has 2 rings (SSSR count). The zero-order chi connectivity index (χ0) is 14.0. The van der Waals surface area contributed by atoms with E-state index >= 15 is 0 Å². The van der Waals surface area contributed by atoms with Crippen molar-refractivity contribution in [1.29, 1.82) is 0 Å². The topological polar surface area (TPSA) is 49.4 Å². The van der Waals surface area contributed by atoms with Gasteiger partial charge in [-0.15, -0.1) is 12.4 Å². The van der Waals surface area contributed by atoms with Crippen LogP contribution in [0.5, 0.6) is 0 Å². The minimum absolute atomic E-state index is 0. The number of piperidine rings is 1. The molecule has 4 nitrogen and oxygen atoms in total. The zero-order valence-corrected chi connectivity index (χ0v) is 13.4. The quantitative estimate of drug-likeness (QED) is 0.916. The van der Waals surface area contributed by atoms with Crippen LogP contribution in [0.2, 0.25) is 5.02 Å². The normalized spacial score (nSPS) is 17.8. The van der Waals surface area contributed by atoms with Crippen LogP contribution in [0.25, 0.3) is 0 Å². The summed E-state index contributed by atoms with van der Waals surface area (Å²) in [5.74, 6) is -0.604. The molecule has 20 heavy (non-hydrogen) atoms. The molecule has 0 saturated carbocycles. The van der Waals surface area contributed by atoms with Crippen molar-refractivity contribution in [3.05, 3.63) is 29.0 Å². The molecule has 0 spiro atoms. The van der Waals surface area contributed by atoms with E-state index in [0.717, 1.165) is 25.0 Å². The third kappa shape index (κ3) is 3.62. The minimum Gasteiger partial charge on any atom is -0.317 e. The zero-order valence-electron chi connectivity index (χ0n) is 11.0. The number of hydrogen-bond donors (Lipinski definition) is 1. The lowest BCUT2D eigenvalue weighted by Gasteiger charge is -2.31. The van der Waals surface area contributed by atoms with Crippen LogP contribution in [0.15, 0.2) is 23.1 Å². The highest BCUT2D eigenvalue weighted by Crippen LogP contribution is 2.27. The Kier molecular flexibility index (Phi) is 6.22. The molecule has 0 aliphatic carbocycles. The van der Waals surface area contributed by atoms with E-state index in [0.29, 0.717) is 19.1 Å². The Hall–Kier alpha value is -0.400. The summed E-state index contributed by atoms with van der Waals surface area (Å²) in [6, 6.07) is 3.72. The van der Waals surface area contributed by atoms with Gasteiger partial charge in [0.05, 0.1) is 5.02 Å². The number of nitrogens with one attached hydrogen (secondary N) is 1. The molecule has 1 heterocycles. The van der Waals surface area contributed by atoms with Gasteiger partial charge in [0, 0.05) is 19.1 Å². The molecule has 1 fully saturated rings. The molecule has 0 unspecified atom stereocenters. The van der Waals surface area contributed by atoms with Gasteiger partial charge in [-0.1, -0.05) is 11.6 Å². The van der Waals surface area contributed by atoms with E-state index < -0.39 is 15.8 Å². The first kappa shape index (κ1) is 17.7. The van der Waals surface area contributed by atoms with E-state index in [1.165, 1.54) is 10.4 Å². The van der Waals surface area contributed by atoms with Gasteiger partial charge in [0.2, 0.25) is 10.0 Å². The van der Waals surface area contributed by atoms with Crippen LogP contribution in [0, 0.1) is 5.82 Å². The van der Waals surface area contributed by atoms with E-state index in [2.05, 4.69) is 5.32 Å². The van der Waals surface area contributed by atoms with Crippen LogP contribution >= 0.6 is 24.0 Å². The van der Waals surface area contributed by atoms with Crippen LogP contribution in [-0.2, 0) is 10.0 Å². The number of benzene rings is 1. The fourth-order valence-corrected chi connectivity index (χ4v) is 4.15. The maximum Gasteiger partial charge on any atom is 0.244 e. The first-order valence-electron chi connectivity index (χ1n) is 6.07. The predicted octanol–water partition coefficient (Wildman–Crippen LogP) is 2.27. The summed E-state index contributed by atoms with van der Waals surface area (Å²) in [4.78, 5) is -0.155. The van der Waals surface area contributed by atoms with Crippen molar-refractivity contribution < 1.29 is 12.8 Å². The predicted molar refractivity (Wildman–Crippen MR) is 79.5 cm³/mol. The second-order valence-electron chi connectivity index (χ2n) is 4.54. The second-order valence-corrected chi connectivity index (χ2v) is 6.86. The van der Waals surface area contributed by atoms with Gasteiger partial charge in [-0.2, -0.15) is 4.31 Å². The maximum atomic E-state index is 13.2. The number of hydrogen-bond acceptors (Lipinski definition) is 3. The summed E-state index contributed by atoms with van der Waals surface area (Å²) in [5, 5.41) is 3.18. The van der Waals surface area contributed by atoms with Crippen LogP contribution < -0.4 is 5.32 Å². The summed E-state index contributed by atoms with van der Waals surface area (Å²) in [6.07, 6.45) is 1.48. The largest absolute Gasteiger partial charge is 0.317 e. The van der Waals surface area contributed by atoms with Crippen molar-refractivity contribution >= 4 is 34.0 Å². The van der Waals surface area contributed by atoms with Crippen molar-refractivity contribution in [2.75, 3.05) is 20.1 Å². The Labute approximate surface area is 129 Å². The molecule has 0 atom stereocenters. The molecular weight excluding hydrogens is 326 g/mol. The van der Waals surface area contributed by atoms with Crippen molar-refractivity contribution in [2.24, 2.45) is 0 Å². The molecule has 1 aromatic carbocycles. The monoisotopic (exact) mass is 342 g/mol. The van der Waals surface area contributed by atoms with Gasteiger partial charge in [0.1, 0.15) is 10.7 Å². The first-order chi connectivity index (χ1) is 8.95. The Balaban J connectivity index is 0.00000200. The van der Waals surface area contributed by atoms with Gasteiger partial charge in [0.25, 0.3) is 0 Å². The molecule has 0 bridgehead atoms. The van der Waals surface area contributed by atoms with Gasteiger partial charge in [-0.3, -0.25) is 0 Å². The third-order valence-corrected chi connectivity index (χ3v) is 5.75. The third-order valence-electron chi connectivity index (χ3n) is 3.37. The summed E-state index contributed by atoms with van der Waals surface area (Å²) < 4.78 is 39.4. The van der Waals surface area contributed by atoms with Gasteiger partial charge in [-0.05, 0) is 38.1 Å². The standard InChI is InChI=1S/C12H16ClFN2O2S.ClH/c1-15-10-4-6-16(7-5-10)19(17,18)12-8-9(14)2-3-11(12)13;/h2-3,8,10,15H,4-7H2,1H3;1H. The average molecular weight is 343 g/mol. The minimum atomic E-state index is -3.71. The highest BCUT2D eigenvalue weighted by atomic mass is 35.5. The Morgan fingerprint density at radius 1 is 1.35 bits per heavy atom. The highest BCUT2D eigenvalue weighted by Gasteiger charge is 2.30.